The molecule has 2 N–H and O–H groups in total. The maximum Gasteiger partial charge on any atom is 0.254 e. The molecule has 0 radical (unpaired) electrons. The van der Waals surface area contributed by atoms with Crippen LogP contribution in [0.25, 0.3) is 0 Å². The van der Waals surface area contributed by atoms with E-state index in [1.54, 1.807) is 30.5 Å². The summed E-state index contributed by atoms with van der Waals surface area (Å²) in [5.74, 6) is 0.172. The molecule has 0 saturated carbocycles. The largest absolute Gasteiger partial charge is 0.396 e. The van der Waals surface area contributed by atoms with E-state index in [2.05, 4.69) is 10.3 Å². The highest BCUT2D eigenvalue weighted by Gasteiger charge is 2.15. The number of rotatable bonds is 8. The van der Waals surface area contributed by atoms with Crippen LogP contribution in [-0.4, -0.2) is 28.6 Å². The van der Waals surface area contributed by atoms with E-state index >= 15 is 0 Å². The van der Waals surface area contributed by atoms with Crippen LogP contribution in [0.2, 0.25) is 0 Å². The van der Waals surface area contributed by atoms with Crippen molar-refractivity contribution < 1.29 is 14.3 Å². The predicted octanol–water partition coefficient (Wildman–Crippen LogP) is 3.40. The lowest BCUT2D eigenvalue weighted by Crippen LogP contribution is -2.33. The molecular weight excluding hydrogens is 327 g/mol. The molecule has 1 unspecified atom stereocenters. The number of pyridine rings is 1. The van der Waals surface area contributed by atoms with Gasteiger partial charge in [-0.2, -0.15) is 0 Å². The molecule has 2 rings (SSSR count). The second kappa shape index (κ2) is 9.39. The Balaban J connectivity index is 2.01. The Morgan fingerprint density at radius 1 is 1.33 bits per heavy atom. The van der Waals surface area contributed by atoms with E-state index in [0.717, 1.165) is 12.0 Å². The summed E-state index contributed by atoms with van der Waals surface area (Å²) in [5.41, 5.74) is 1.50. The van der Waals surface area contributed by atoms with Crippen LogP contribution in [0.15, 0.2) is 47.6 Å². The summed E-state index contributed by atoms with van der Waals surface area (Å²) >= 11 is 1.44. The number of halogens is 1. The SMILES string of the molecule is CC(CCCO)NC(=O)c1cccnc1SCc1ccc(F)cc1. The van der Waals surface area contributed by atoms with Crippen LogP contribution < -0.4 is 5.32 Å². The molecule has 1 heterocycles. The van der Waals surface area contributed by atoms with Crippen LogP contribution in [0.3, 0.4) is 0 Å². The summed E-state index contributed by atoms with van der Waals surface area (Å²) in [5, 5.41) is 12.4. The number of thioether (sulfide) groups is 1. The van der Waals surface area contributed by atoms with E-state index in [1.807, 2.05) is 6.92 Å². The molecule has 1 aromatic heterocycles. The Morgan fingerprint density at radius 2 is 2.08 bits per heavy atom. The minimum atomic E-state index is -0.265. The van der Waals surface area contributed by atoms with Gasteiger partial charge in [0.15, 0.2) is 0 Å². The number of aliphatic hydroxyl groups is 1. The van der Waals surface area contributed by atoms with Crippen LogP contribution in [0.5, 0.6) is 0 Å². The van der Waals surface area contributed by atoms with Crippen LogP contribution in [0.1, 0.15) is 35.7 Å². The fourth-order valence-electron chi connectivity index (χ4n) is 2.18. The van der Waals surface area contributed by atoms with Gasteiger partial charge in [0.05, 0.1) is 5.56 Å². The number of nitrogens with one attached hydrogen (secondary N) is 1. The minimum Gasteiger partial charge on any atom is -0.396 e. The molecule has 4 nitrogen and oxygen atoms in total. The highest BCUT2D eigenvalue weighted by Crippen LogP contribution is 2.24. The van der Waals surface area contributed by atoms with Gasteiger partial charge in [0.2, 0.25) is 0 Å². The van der Waals surface area contributed by atoms with Crippen molar-refractivity contribution in [3.05, 3.63) is 59.5 Å². The van der Waals surface area contributed by atoms with E-state index in [4.69, 9.17) is 5.11 Å². The number of carbonyl (C=O) groups is 1. The van der Waals surface area contributed by atoms with E-state index in [1.165, 1.54) is 23.9 Å². The number of hydrogen-bond donors (Lipinski definition) is 2. The normalized spacial score (nSPS) is 12.0. The zero-order valence-corrected chi connectivity index (χ0v) is 14.4. The molecule has 0 aliphatic heterocycles. The average Bonchev–Trinajstić information content (AvgIpc) is 2.59. The van der Waals surface area contributed by atoms with Crippen molar-refractivity contribution in [1.29, 1.82) is 0 Å². The molecule has 1 amide bonds. The van der Waals surface area contributed by atoms with Crippen molar-refractivity contribution >= 4 is 17.7 Å². The third-order valence-electron chi connectivity index (χ3n) is 3.48. The van der Waals surface area contributed by atoms with Gasteiger partial charge in [-0.25, -0.2) is 9.37 Å². The van der Waals surface area contributed by atoms with Crippen LogP contribution >= 0.6 is 11.8 Å². The molecule has 1 atom stereocenters. The molecule has 0 aliphatic rings. The van der Waals surface area contributed by atoms with Gasteiger partial charge < -0.3 is 10.4 Å². The van der Waals surface area contributed by atoms with Gasteiger partial charge >= 0.3 is 0 Å². The zero-order valence-electron chi connectivity index (χ0n) is 13.5. The average molecular weight is 348 g/mol. The Hall–Kier alpha value is -1.92. The van der Waals surface area contributed by atoms with Crippen LogP contribution in [-0.2, 0) is 5.75 Å². The molecule has 24 heavy (non-hydrogen) atoms. The number of hydrogen-bond acceptors (Lipinski definition) is 4. The zero-order chi connectivity index (χ0) is 17.4. The van der Waals surface area contributed by atoms with E-state index in [0.29, 0.717) is 22.8 Å². The summed E-state index contributed by atoms with van der Waals surface area (Å²) in [6.07, 6.45) is 3.03. The van der Waals surface area contributed by atoms with Crippen molar-refractivity contribution in [2.45, 2.75) is 36.6 Å². The molecule has 0 saturated heterocycles. The smallest absolute Gasteiger partial charge is 0.254 e. The van der Waals surface area contributed by atoms with Crippen molar-refractivity contribution in [2.75, 3.05) is 6.61 Å². The highest BCUT2D eigenvalue weighted by atomic mass is 32.2. The summed E-state index contributed by atoms with van der Waals surface area (Å²) in [4.78, 5) is 16.7. The second-order valence-electron chi connectivity index (χ2n) is 5.51. The van der Waals surface area contributed by atoms with Gasteiger partial charge in [0.1, 0.15) is 10.8 Å². The van der Waals surface area contributed by atoms with Crippen LogP contribution in [0, 0.1) is 5.82 Å². The Bertz CT molecular complexity index is 664. The minimum absolute atomic E-state index is 0.0141. The van der Waals surface area contributed by atoms with Crippen molar-refractivity contribution in [2.24, 2.45) is 0 Å². The maximum atomic E-state index is 12.9. The first-order valence-electron chi connectivity index (χ1n) is 7.84. The lowest BCUT2D eigenvalue weighted by molar-refractivity contribution is 0.0932. The summed E-state index contributed by atoms with van der Waals surface area (Å²) in [7, 11) is 0. The lowest BCUT2D eigenvalue weighted by Gasteiger charge is -2.14. The first-order valence-corrected chi connectivity index (χ1v) is 8.82. The predicted molar refractivity (Wildman–Crippen MR) is 93.4 cm³/mol. The number of benzene rings is 1. The van der Waals surface area contributed by atoms with Gasteiger partial charge in [-0.3, -0.25) is 4.79 Å². The molecule has 128 valence electrons. The van der Waals surface area contributed by atoms with E-state index in [9.17, 15) is 9.18 Å². The summed E-state index contributed by atoms with van der Waals surface area (Å²) < 4.78 is 12.9. The van der Waals surface area contributed by atoms with Gasteiger partial charge in [0.25, 0.3) is 5.91 Å². The van der Waals surface area contributed by atoms with Crippen LogP contribution in [0.4, 0.5) is 4.39 Å². The van der Waals surface area contributed by atoms with Gasteiger partial charge in [-0.1, -0.05) is 12.1 Å². The maximum absolute atomic E-state index is 12.9. The topological polar surface area (TPSA) is 62.2 Å². The molecular formula is C18H21FN2O2S. The number of carbonyl (C=O) groups excluding carboxylic acids is 1. The Kier molecular flexibility index (Phi) is 7.21. The second-order valence-corrected chi connectivity index (χ2v) is 6.48. The summed E-state index contributed by atoms with van der Waals surface area (Å²) in [6, 6.07) is 9.75. The molecule has 2 aromatic rings. The summed E-state index contributed by atoms with van der Waals surface area (Å²) in [6.45, 7) is 2.03. The van der Waals surface area contributed by atoms with Gasteiger partial charge in [-0.05, 0) is 49.6 Å². The molecule has 6 heteroatoms. The van der Waals surface area contributed by atoms with Crippen molar-refractivity contribution in [1.82, 2.24) is 10.3 Å². The monoisotopic (exact) mass is 348 g/mol. The van der Waals surface area contributed by atoms with Crippen molar-refractivity contribution in [3.8, 4) is 0 Å². The molecule has 0 spiro atoms. The number of aromatic nitrogens is 1. The Morgan fingerprint density at radius 3 is 2.79 bits per heavy atom. The first kappa shape index (κ1) is 18.4. The number of nitrogens with zero attached hydrogens (tertiary/aromatic N) is 1. The first-order chi connectivity index (χ1) is 11.6. The van der Waals surface area contributed by atoms with Gasteiger partial charge in [-0.15, -0.1) is 11.8 Å². The number of aliphatic hydroxyl groups excluding tert-OH is 1. The van der Waals surface area contributed by atoms with E-state index < -0.39 is 0 Å². The van der Waals surface area contributed by atoms with Crippen molar-refractivity contribution in [3.63, 3.8) is 0 Å². The fraction of sp³-hybridized carbons (Fsp3) is 0.333. The third-order valence-corrected chi connectivity index (χ3v) is 4.55. The highest BCUT2D eigenvalue weighted by molar-refractivity contribution is 7.98. The number of amides is 1. The molecule has 1 aromatic carbocycles. The lowest BCUT2D eigenvalue weighted by atomic mass is 10.1. The molecule has 0 fully saturated rings. The standard InChI is InChI=1S/C18H21FN2O2S/c1-13(4-3-11-22)21-17(23)16-5-2-10-20-18(16)24-12-14-6-8-15(19)9-7-14/h2,5-10,13,22H,3-4,11-12H2,1H3,(H,21,23). The molecule has 0 aliphatic carbocycles. The van der Waals surface area contributed by atoms with E-state index in [-0.39, 0.29) is 24.4 Å². The van der Waals surface area contributed by atoms with Gasteiger partial charge in [0, 0.05) is 24.6 Å². The molecule has 0 bridgehead atoms. The third kappa shape index (κ3) is 5.62. The fourth-order valence-corrected chi connectivity index (χ4v) is 3.13. The quantitative estimate of drug-likeness (QED) is 0.718. The Labute approximate surface area is 145 Å².